The molecule has 0 amide bonds. The van der Waals surface area contributed by atoms with Gasteiger partial charge in [0, 0.05) is 45.1 Å². The second-order valence-electron chi connectivity index (χ2n) is 7.48. The number of nitrogens with zero attached hydrogens (tertiary/aromatic N) is 5. The molecule has 2 aromatic rings. The van der Waals surface area contributed by atoms with Crippen molar-refractivity contribution >= 4 is 31.7 Å². The highest BCUT2D eigenvalue weighted by atomic mass is 32.2. The third-order valence-electron chi connectivity index (χ3n) is 5.49. The van der Waals surface area contributed by atoms with Gasteiger partial charge < -0.3 is 4.90 Å². The molecule has 1 aromatic heterocycles. The van der Waals surface area contributed by atoms with Crippen LogP contribution in [0.4, 0.5) is 11.6 Å². The predicted octanol–water partition coefficient (Wildman–Crippen LogP) is 1.23. The normalized spacial score (nSPS) is 20.3. The van der Waals surface area contributed by atoms with Crippen molar-refractivity contribution in [1.29, 1.82) is 0 Å². The molecule has 162 valence electrons. The summed E-state index contributed by atoms with van der Waals surface area (Å²) in [5, 5.41) is 0. The van der Waals surface area contributed by atoms with E-state index in [1.165, 1.54) is 14.7 Å². The number of rotatable bonds is 4. The molecule has 0 atom stereocenters. The summed E-state index contributed by atoms with van der Waals surface area (Å²) in [6, 6.07) is 6.52. The van der Waals surface area contributed by atoms with E-state index in [4.69, 9.17) is 0 Å². The van der Waals surface area contributed by atoms with Crippen LogP contribution in [0.3, 0.4) is 0 Å². The molecule has 0 N–H and O–H groups in total. The highest BCUT2D eigenvalue weighted by Crippen LogP contribution is 2.29. The molecule has 0 saturated carbocycles. The van der Waals surface area contributed by atoms with E-state index in [0.717, 1.165) is 6.42 Å². The van der Waals surface area contributed by atoms with E-state index in [1.54, 1.807) is 37.5 Å². The Bertz CT molecular complexity index is 1110. The zero-order chi connectivity index (χ0) is 21.4. The molecule has 2 aliphatic rings. The Labute approximate surface area is 177 Å². The zero-order valence-corrected chi connectivity index (χ0v) is 18.4. The molecular weight excluding hydrogens is 426 g/mol. The maximum absolute atomic E-state index is 13.2. The van der Waals surface area contributed by atoms with E-state index in [-0.39, 0.29) is 10.6 Å². The first kappa shape index (κ1) is 21.0. The van der Waals surface area contributed by atoms with Crippen LogP contribution in [-0.4, -0.2) is 69.6 Å². The maximum atomic E-state index is 13.2. The quantitative estimate of drug-likeness (QED) is 0.689. The Morgan fingerprint density at radius 1 is 0.967 bits per heavy atom. The lowest BCUT2D eigenvalue weighted by atomic mass is 10.2. The first-order chi connectivity index (χ1) is 14.3. The average molecular weight is 452 g/mol. The molecule has 0 spiro atoms. The molecule has 0 unspecified atom stereocenters. The molecule has 1 aromatic carbocycles. The van der Waals surface area contributed by atoms with Crippen LogP contribution in [0, 0.1) is 6.92 Å². The van der Waals surface area contributed by atoms with Gasteiger partial charge in [-0.15, -0.1) is 0 Å². The minimum atomic E-state index is -3.68. The third-order valence-corrected chi connectivity index (χ3v) is 9.42. The Hall–Kier alpha value is -2.24. The minimum Gasteiger partial charge on any atom is -0.338 e. The van der Waals surface area contributed by atoms with Crippen molar-refractivity contribution < 1.29 is 16.8 Å². The Morgan fingerprint density at radius 2 is 1.67 bits per heavy atom. The summed E-state index contributed by atoms with van der Waals surface area (Å²) in [4.78, 5) is 10.6. The fourth-order valence-electron chi connectivity index (χ4n) is 3.88. The molecule has 11 heteroatoms. The standard InChI is InChI=1S/C19H25N5O4S2/c1-16-15-17(24-9-2-3-14-29(24,25)26)5-6-18(16)30(27,28)23-12-10-22(11-13-23)19-20-7-4-8-21-19/h4-8,15H,2-3,9-14H2,1H3. The second-order valence-corrected chi connectivity index (χ2v) is 11.4. The summed E-state index contributed by atoms with van der Waals surface area (Å²) >= 11 is 0. The molecule has 2 aliphatic heterocycles. The third kappa shape index (κ3) is 4.01. The van der Waals surface area contributed by atoms with Crippen molar-refractivity contribution in [2.75, 3.05) is 47.7 Å². The van der Waals surface area contributed by atoms with Crippen LogP contribution >= 0.6 is 0 Å². The van der Waals surface area contributed by atoms with Crippen LogP contribution in [0.15, 0.2) is 41.6 Å². The molecule has 0 bridgehead atoms. The number of anilines is 2. The lowest BCUT2D eigenvalue weighted by molar-refractivity contribution is 0.382. The van der Waals surface area contributed by atoms with Gasteiger partial charge in [0.2, 0.25) is 26.0 Å². The first-order valence-corrected chi connectivity index (χ1v) is 13.0. The largest absolute Gasteiger partial charge is 0.338 e. The van der Waals surface area contributed by atoms with E-state index in [0.29, 0.717) is 56.3 Å². The highest BCUT2D eigenvalue weighted by Gasteiger charge is 2.31. The fraction of sp³-hybridized carbons (Fsp3) is 0.474. The van der Waals surface area contributed by atoms with Crippen LogP contribution in [0.1, 0.15) is 18.4 Å². The lowest BCUT2D eigenvalue weighted by Crippen LogP contribution is -2.49. The molecule has 0 aliphatic carbocycles. The molecule has 30 heavy (non-hydrogen) atoms. The molecule has 0 radical (unpaired) electrons. The van der Waals surface area contributed by atoms with Crippen molar-refractivity contribution in [2.45, 2.75) is 24.7 Å². The van der Waals surface area contributed by atoms with Crippen molar-refractivity contribution in [3.05, 3.63) is 42.2 Å². The molecule has 9 nitrogen and oxygen atoms in total. The summed E-state index contributed by atoms with van der Waals surface area (Å²) in [5.41, 5.74) is 1.07. The van der Waals surface area contributed by atoms with Crippen LogP contribution in [-0.2, 0) is 20.0 Å². The smallest absolute Gasteiger partial charge is 0.243 e. The maximum Gasteiger partial charge on any atom is 0.243 e. The van der Waals surface area contributed by atoms with E-state index in [2.05, 4.69) is 9.97 Å². The second kappa shape index (κ2) is 8.12. The number of aromatic nitrogens is 2. The van der Waals surface area contributed by atoms with Crippen LogP contribution in [0.5, 0.6) is 0 Å². The molecule has 4 rings (SSSR count). The van der Waals surface area contributed by atoms with E-state index >= 15 is 0 Å². The van der Waals surface area contributed by atoms with Crippen molar-refractivity contribution in [3.8, 4) is 0 Å². The van der Waals surface area contributed by atoms with Crippen LogP contribution < -0.4 is 9.21 Å². The zero-order valence-electron chi connectivity index (χ0n) is 16.8. The van der Waals surface area contributed by atoms with Gasteiger partial charge in [0.1, 0.15) is 0 Å². The predicted molar refractivity (Wildman–Crippen MR) is 115 cm³/mol. The van der Waals surface area contributed by atoms with Gasteiger partial charge in [0.25, 0.3) is 0 Å². The summed E-state index contributed by atoms with van der Waals surface area (Å²) in [5.74, 6) is 0.722. The van der Waals surface area contributed by atoms with Gasteiger partial charge in [-0.2, -0.15) is 4.31 Å². The summed E-state index contributed by atoms with van der Waals surface area (Å²) < 4.78 is 54.0. The first-order valence-electron chi connectivity index (χ1n) is 9.92. The monoisotopic (exact) mass is 451 g/mol. The SMILES string of the molecule is Cc1cc(N2CCCCS2(=O)=O)ccc1S(=O)(=O)N1CCN(c2ncccn2)CC1. The van der Waals surface area contributed by atoms with Gasteiger partial charge >= 0.3 is 0 Å². The average Bonchev–Trinajstić information content (AvgIpc) is 2.74. The minimum absolute atomic E-state index is 0.126. The number of hydrogen-bond donors (Lipinski definition) is 0. The topological polar surface area (TPSA) is 104 Å². The van der Waals surface area contributed by atoms with Gasteiger partial charge in [-0.1, -0.05) is 0 Å². The van der Waals surface area contributed by atoms with Gasteiger partial charge in [-0.05, 0) is 49.6 Å². The molecular formula is C19H25N5O4S2. The van der Waals surface area contributed by atoms with Gasteiger partial charge in [0.05, 0.1) is 16.3 Å². The summed E-state index contributed by atoms with van der Waals surface area (Å²) in [6.45, 7) is 3.82. The van der Waals surface area contributed by atoms with Crippen LogP contribution in [0.25, 0.3) is 0 Å². The van der Waals surface area contributed by atoms with E-state index in [9.17, 15) is 16.8 Å². The van der Waals surface area contributed by atoms with Crippen molar-refractivity contribution in [3.63, 3.8) is 0 Å². The van der Waals surface area contributed by atoms with Crippen LogP contribution in [0.2, 0.25) is 0 Å². The van der Waals surface area contributed by atoms with Crippen molar-refractivity contribution in [1.82, 2.24) is 14.3 Å². The Morgan fingerprint density at radius 3 is 2.30 bits per heavy atom. The van der Waals surface area contributed by atoms with Gasteiger partial charge in [-0.25, -0.2) is 26.8 Å². The summed E-state index contributed by atoms with van der Waals surface area (Å²) in [7, 11) is -7.02. The molecule has 2 saturated heterocycles. The Kier molecular flexibility index (Phi) is 5.69. The number of hydrogen-bond acceptors (Lipinski definition) is 7. The molecule has 2 fully saturated rings. The lowest BCUT2D eigenvalue weighted by Gasteiger charge is -2.34. The number of sulfonamides is 2. The summed E-state index contributed by atoms with van der Waals surface area (Å²) in [6.07, 6.45) is 4.79. The number of piperazine rings is 1. The molecule has 3 heterocycles. The van der Waals surface area contributed by atoms with Crippen molar-refractivity contribution in [2.24, 2.45) is 0 Å². The van der Waals surface area contributed by atoms with E-state index in [1.807, 2.05) is 4.90 Å². The van der Waals surface area contributed by atoms with E-state index < -0.39 is 20.0 Å². The van der Waals surface area contributed by atoms with Gasteiger partial charge in [-0.3, -0.25) is 4.31 Å². The number of aryl methyl sites for hydroxylation is 1. The Balaban J connectivity index is 1.52. The number of benzene rings is 1. The highest BCUT2D eigenvalue weighted by molar-refractivity contribution is 7.92. The fourth-order valence-corrected chi connectivity index (χ4v) is 7.14. The van der Waals surface area contributed by atoms with Gasteiger partial charge in [0.15, 0.2) is 0 Å².